The maximum absolute atomic E-state index is 13.1. The molecule has 0 unspecified atom stereocenters. The van der Waals surface area contributed by atoms with E-state index < -0.39 is 0 Å². The molecule has 140 valence electrons. The Bertz CT molecular complexity index is 1170. The third-order valence-electron chi connectivity index (χ3n) is 4.59. The van der Waals surface area contributed by atoms with Crippen LogP contribution in [-0.4, -0.2) is 5.91 Å². The molecule has 3 aromatic carbocycles. The molecule has 0 atom stereocenters. The van der Waals surface area contributed by atoms with Crippen LogP contribution in [0.2, 0.25) is 10.0 Å². The van der Waals surface area contributed by atoms with E-state index in [0.29, 0.717) is 27.0 Å². The van der Waals surface area contributed by atoms with Crippen LogP contribution in [0, 0.1) is 6.92 Å². The molecule has 1 N–H and O–H groups in total. The average molecular weight is 426 g/mol. The Hall–Kier alpha value is -2.33. The number of carbonyl (C=O) groups excluding carboxylic acids is 1. The molecule has 0 aliphatic rings. The Morgan fingerprint density at radius 1 is 1.00 bits per heavy atom. The molecule has 1 amide bonds. The maximum Gasteiger partial charge on any atom is 0.266 e. The summed E-state index contributed by atoms with van der Waals surface area (Å²) < 4.78 is 1.09. The number of anilines is 1. The fourth-order valence-electron chi connectivity index (χ4n) is 3.14. The van der Waals surface area contributed by atoms with Crippen molar-refractivity contribution in [2.75, 3.05) is 5.32 Å². The van der Waals surface area contributed by atoms with E-state index >= 15 is 0 Å². The van der Waals surface area contributed by atoms with Crippen molar-refractivity contribution < 1.29 is 4.79 Å². The van der Waals surface area contributed by atoms with E-state index in [1.807, 2.05) is 18.2 Å². The van der Waals surface area contributed by atoms with Crippen LogP contribution in [0.15, 0.2) is 66.7 Å². The Morgan fingerprint density at radius 3 is 2.50 bits per heavy atom. The molecule has 28 heavy (non-hydrogen) atoms. The number of thiophene rings is 1. The number of rotatable bonds is 4. The van der Waals surface area contributed by atoms with Crippen molar-refractivity contribution >= 4 is 56.2 Å². The van der Waals surface area contributed by atoms with Crippen LogP contribution < -0.4 is 5.32 Å². The Morgan fingerprint density at radius 2 is 1.75 bits per heavy atom. The van der Waals surface area contributed by atoms with Crippen LogP contribution >= 0.6 is 34.5 Å². The second kappa shape index (κ2) is 7.96. The highest BCUT2D eigenvalue weighted by Gasteiger charge is 2.19. The first-order chi connectivity index (χ1) is 13.5. The summed E-state index contributed by atoms with van der Waals surface area (Å²) >= 11 is 13.7. The number of fused-ring (bicyclic) bond motifs is 1. The van der Waals surface area contributed by atoms with Gasteiger partial charge in [0, 0.05) is 9.72 Å². The lowest BCUT2D eigenvalue weighted by Crippen LogP contribution is -2.12. The number of hydrogen-bond acceptors (Lipinski definition) is 2. The van der Waals surface area contributed by atoms with Crippen LogP contribution in [-0.2, 0) is 6.42 Å². The van der Waals surface area contributed by atoms with Gasteiger partial charge in [-0.15, -0.1) is 11.3 Å². The minimum Gasteiger partial charge on any atom is -0.320 e. The Kier molecular flexibility index (Phi) is 5.40. The zero-order valence-corrected chi connectivity index (χ0v) is 17.5. The summed E-state index contributed by atoms with van der Waals surface area (Å²) in [5.74, 6) is -0.160. The zero-order valence-electron chi connectivity index (χ0n) is 15.1. The number of carbonyl (C=O) groups is 1. The summed E-state index contributed by atoms with van der Waals surface area (Å²) in [6.07, 6.45) is 0.696. The molecule has 0 radical (unpaired) electrons. The Labute approximate surface area is 177 Å². The first-order valence-corrected chi connectivity index (χ1v) is 10.4. The molecule has 1 aromatic heterocycles. The molecule has 0 saturated heterocycles. The normalized spacial score (nSPS) is 11.0. The molecule has 1 heterocycles. The van der Waals surface area contributed by atoms with E-state index in [2.05, 4.69) is 42.6 Å². The highest BCUT2D eigenvalue weighted by atomic mass is 35.5. The first-order valence-electron chi connectivity index (χ1n) is 8.83. The van der Waals surface area contributed by atoms with Gasteiger partial charge in [0.05, 0.1) is 15.6 Å². The van der Waals surface area contributed by atoms with Gasteiger partial charge in [-0.2, -0.15) is 0 Å². The van der Waals surface area contributed by atoms with Crippen molar-refractivity contribution in [1.29, 1.82) is 0 Å². The SMILES string of the molecule is Cc1ccc(Cc2c(C(=O)Nc3ccc(Cl)cc3Cl)sc3ccccc23)cc1. The number of amides is 1. The number of aryl methyl sites for hydroxylation is 1. The lowest BCUT2D eigenvalue weighted by atomic mass is 10.0. The van der Waals surface area contributed by atoms with Gasteiger partial charge in [0.25, 0.3) is 5.91 Å². The van der Waals surface area contributed by atoms with Crippen molar-refractivity contribution in [3.05, 3.63) is 98.3 Å². The molecule has 0 aliphatic heterocycles. The van der Waals surface area contributed by atoms with Gasteiger partial charge in [0.2, 0.25) is 0 Å². The van der Waals surface area contributed by atoms with Crippen molar-refractivity contribution in [1.82, 2.24) is 0 Å². The minimum atomic E-state index is -0.160. The quantitative estimate of drug-likeness (QED) is 0.363. The molecule has 5 heteroatoms. The van der Waals surface area contributed by atoms with Crippen LogP contribution in [0.5, 0.6) is 0 Å². The predicted molar refractivity (Wildman–Crippen MR) is 120 cm³/mol. The molecular formula is C23H17Cl2NOS. The molecule has 0 spiro atoms. The van der Waals surface area contributed by atoms with Crippen molar-refractivity contribution in [2.45, 2.75) is 13.3 Å². The maximum atomic E-state index is 13.1. The van der Waals surface area contributed by atoms with Crippen LogP contribution in [0.1, 0.15) is 26.4 Å². The minimum absolute atomic E-state index is 0.160. The molecule has 0 saturated carbocycles. The van der Waals surface area contributed by atoms with Gasteiger partial charge in [0.1, 0.15) is 0 Å². The van der Waals surface area contributed by atoms with Gasteiger partial charge in [-0.3, -0.25) is 4.79 Å². The fraction of sp³-hybridized carbons (Fsp3) is 0.0870. The molecule has 0 aliphatic carbocycles. The lowest BCUT2D eigenvalue weighted by molar-refractivity contribution is 0.103. The van der Waals surface area contributed by atoms with Gasteiger partial charge in [-0.25, -0.2) is 0 Å². The smallest absolute Gasteiger partial charge is 0.266 e. The number of benzene rings is 3. The monoisotopic (exact) mass is 425 g/mol. The number of hydrogen-bond donors (Lipinski definition) is 1. The van der Waals surface area contributed by atoms with Gasteiger partial charge in [0.15, 0.2) is 0 Å². The highest BCUT2D eigenvalue weighted by molar-refractivity contribution is 7.21. The molecule has 2 nitrogen and oxygen atoms in total. The van der Waals surface area contributed by atoms with E-state index in [4.69, 9.17) is 23.2 Å². The number of nitrogens with one attached hydrogen (secondary N) is 1. The fourth-order valence-corrected chi connectivity index (χ4v) is 4.71. The third-order valence-corrected chi connectivity index (χ3v) is 6.34. The topological polar surface area (TPSA) is 29.1 Å². The van der Waals surface area contributed by atoms with Crippen molar-refractivity contribution in [2.24, 2.45) is 0 Å². The van der Waals surface area contributed by atoms with Crippen LogP contribution in [0.4, 0.5) is 5.69 Å². The van der Waals surface area contributed by atoms with Crippen molar-refractivity contribution in [3.8, 4) is 0 Å². The molecular weight excluding hydrogens is 409 g/mol. The summed E-state index contributed by atoms with van der Waals surface area (Å²) in [4.78, 5) is 13.8. The summed E-state index contributed by atoms with van der Waals surface area (Å²) in [7, 11) is 0. The van der Waals surface area contributed by atoms with E-state index in [0.717, 1.165) is 15.6 Å². The van der Waals surface area contributed by atoms with Crippen molar-refractivity contribution in [3.63, 3.8) is 0 Å². The summed E-state index contributed by atoms with van der Waals surface area (Å²) in [6.45, 7) is 2.07. The molecule has 4 aromatic rings. The van der Waals surface area contributed by atoms with Gasteiger partial charge >= 0.3 is 0 Å². The van der Waals surface area contributed by atoms with E-state index in [1.54, 1.807) is 18.2 Å². The third kappa shape index (κ3) is 3.93. The molecule has 4 rings (SSSR count). The van der Waals surface area contributed by atoms with E-state index in [9.17, 15) is 4.79 Å². The van der Waals surface area contributed by atoms with Gasteiger partial charge < -0.3 is 5.32 Å². The summed E-state index contributed by atoms with van der Waals surface area (Å²) in [6, 6.07) is 21.6. The second-order valence-electron chi connectivity index (χ2n) is 6.65. The first kappa shape index (κ1) is 19.0. The standard InChI is InChI=1S/C23H17Cl2NOS/c1-14-6-8-15(9-7-14)12-18-17-4-2-3-5-21(17)28-22(18)23(27)26-20-11-10-16(24)13-19(20)25/h2-11,13H,12H2,1H3,(H,26,27). The average Bonchev–Trinajstić information content (AvgIpc) is 3.04. The lowest BCUT2D eigenvalue weighted by Gasteiger charge is -2.09. The van der Waals surface area contributed by atoms with E-state index in [-0.39, 0.29) is 5.91 Å². The largest absolute Gasteiger partial charge is 0.320 e. The van der Waals surface area contributed by atoms with Gasteiger partial charge in [-0.1, -0.05) is 71.2 Å². The summed E-state index contributed by atoms with van der Waals surface area (Å²) in [5.41, 5.74) is 3.98. The highest BCUT2D eigenvalue weighted by Crippen LogP contribution is 2.34. The van der Waals surface area contributed by atoms with Crippen LogP contribution in [0.3, 0.4) is 0 Å². The Balaban J connectivity index is 1.73. The second-order valence-corrected chi connectivity index (χ2v) is 8.54. The van der Waals surface area contributed by atoms with E-state index in [1.165, 1.54) is 22.5 Å². The zero-order chi connectivity index (χ0) is 19.7. The van der Waals surface area contributed by atoms with Gasteiger partial charge in [-0.05, 0) is 54.1 Å². The number of halogens is 2. The van der Waals surface area contributed by atoms with Crippen LogP contribution in [0.25, 0.3) is 10.1 Å². The summed E-state index contributed by atoms with van der Waals surface area (Å²) in [5, 5.41) is 4.99. The molecule has 0 fully saturated rings. The molecule has 0 bridgehead atoms. The predicted octanol–water partition coefficient (Wildman–Crippen LogP) is 7.36.